The third-order valence-corrected chi connectivity index (χ3v) is 4.45. The van der Waals surface area contributed by atoms with Crippen LogP contribution in [0.3, 0.4) is 0 Å². The number of halogens is 1. The predicted octanol–water partition coefficient (Wildman–Crippen LogP) is 2.13. The van der Waals surface area contributed by atoms with E-state index in [1.54, 1.807) is 30.3 Å². The summed E-state index contributed by atoms with van der Waals surface area (Å²) in [6.45, 7) is 1.43. The van der Waals surface area contributed by atoms with Gasteiger partial charge in [-0.25, -0.2) is 12.8 Å². The van der Waals surface area contributed by atoms with Crippen LogP contribution in [0.15, 0.2) is 59.5 Å². The van der Waals surface area contributed by atoms with E-state index in [0.717, 1.165) is 24.3 Å². The van der Waals surface area contributed by atoms with E-state index in [1.807, 2.05) is 0 Å². The maximum absolute atomic E-state index is 12.8. The number of anilines is 1. The minimum Gasteiger partial charge on any atom is -0.325 e. The number of carbonyl (C=O) groups excluding carboxylic acids is 1. The Morgan fingerprint density at radius 1 is 1.05 bits per heavy atom. The summed E-state index contributed by atoms with van der Waals surface area (Å²) in [5.74, 6) is -1.02. The van der Waals surface area contributed by atoms with E-state index in [2.05, 4.69) is 10.0 Å². The van der Waals surface area contributed by atoms with Gasteiger partial charge in [0.2, 0.25) is 15.9 Å². The van der Waals surface area contributed by atoms with Crippen molar-refractivity contribution in [2.45, 2.75) is 17.9 Å². The minimum absolute atomic E-state index is 0.103. The zero-order chi connectivity index (χ0) is 16.2. The summed E-state index contributed by atoms with van der Waals surface area (Å²) in [7, 11) is -3.89. The molecule has 0 aliphatic carbocycles. The molecule has 0 saturated heterocycles. The van der Waals surface area contributed by atoms with E-state index >= 15 is 0 Å². The number of amides is 1. The molecular formula is C15H15FN2O3S. The number of hydrogen-bond donors (Lipinski definition) is 2. The van der Waals surface area contributed by atoms with E-state index in [0.29, 0.717) is 5.69 Å². The second-order valence-corrected chi connectivity index (χ2v) is 6.37. The molecule has 0 aliphatic rings. The molecule has 7 heteroatoms. The zero-order valence-corrected chi connectivity index (χ0v) is 12.6. The summed E-state index contributed by atoms with van der Waals surface area (Å²) in [6, 6.07) is 12.1. The van der Waals surface area contributed by atoms with Crippen molar-refractivity contribution >= 4 is 21.6 Å². The fourth-order valence-electron chi connectivity index (χ4n) is 1.74. The van der Waals surface area contributed by atoms with Crippen molar-refractivity contribution in [3.05, 3.63) is 60.4 Å². The van der Waals surface area contributed by atoms with Gasteiger partial charge in [0.1, 0.15) is 5.82 Å². The van der Waals surface area contributed by atoms with E-state index in [-0.39, 0.29) is 4.90 Å². The number of hydrogen-bond acceptors (Lipinski definition) is 3. The highest BCUT2D eigenvalue weighted by Gasteiger charge is 2.22. The number of benzene rings is 2. The van der Waals surface area contributed by atoms with Gasteiger partial charge < -0.3 is 5.32 Å². The van der Waals surface area contributed by atoms with Crippen LogP contribution in [0, 0.1) is 5.82 Å². The van der Waals surface area contributed by atoms with Crippen LogP contribution in [-0.4, -0.2) is 20.4 Å². The molecule has 2 aromatic carbocycles. The van der Waals surface area contributed by atoms with Crippen molar-refractivity contribution in [2.75, 3.05) is 5.32 Å². The van der Waals surface area contributed by atoms with Gasteiger partial charge in [0, 0.05) is 5.69 Å². The first kappa shape index (κ1) is 16.1. The van der Waals surface area contributed by atoms with Gasteiger partial charge in [0.25, 0.3) is 0 Å². The lowest BCUT2D eigenvalue weighted by molar-refractivity contribution is -0.117. The molecule has 116 valence electrons. The molecule has 1 atom stereocenters. The molecule has 5 nitrogen and oxygen atoms in total. The van der Waals surface area contributed by atoms with Gasteiger partial charge in [-0.2, -0.15) is 4.72 Å². The number of carbonyl (C=O) groups is 1. The lowest BCUT2D eigenvalue weighted by Crippen LogP contribution is -2.41. The van der Waals surface area contributed by atoms with E-state index in [4.69, 9.17) is 0 Å². The molecule has 1 amide bonds. The zero-order valence-electron chi connectivity index (χ0n) is 11.8. The Morgan fingerprint density at radius 2 is 1.64 bits per heavy atom. The van der Waals surface area contributed by atoms with Gasteiger partial charge in [0.05, 0.1) is 10.9 Å². The predicted molar refractivity (Wildman–Crippen MR) is 81.3 cm³/mol. The molecule has 0 aliphatic heterocycles. The summed E-state index contributed by atoms with van der Waals surface area (Å²) in [5, 5.41) is 2.60. The monoisotopic (exact) mass is 322 g/mol. The maximum Gasteiger partial charge on any atom is 0.242 e. The number of sulfonamides is 1. The molecule has 2 N–H and O–H groups in total. The van der Waals surface area contributed by atoms with Gasteiger partial charge >= 0.3 is 0 Å². The van der Waals surface area contributed by atoms with Crippen LogP contribution in [0.1, 0.15) is 6.92 Å². The normalized spacial score (nSPS) is 12.6. The van der Waals surface area contributed by atoms with Gasteiger partial charge in [-0.05, 0) is 43.3 Å². The van der Waals surface area contributed by atoms with Crippen molar-refractivity contribution in [1.29, 1.82) is 0 Å². The van der Waals surface area contributed by atoms with Crippen LogP contribution in [-0.2, 0) is 14.8 Å². The Morgan fingerprint density at radius 3 is 2.23 bits per heavy atom. The maximum atomic E-state index is 12.8. The molecular weight excluding hydrogens is 307 g/mol. The second kappa shape index (κ2) is 6.67. The SMILES string of the molecule is C[C@@H](NS(=O)(=O)c1ccc(F)cc1)C(=O)Nc1ccccc1. The fourth-order valence-corrected chi connectivity index (χ4v) is 2.94. The summed E-state index contributed by atoms with van der Waals surface area (Å²) in [5.41, 5.74) is 0.570. The first-order chi connectivity index (χ1) is 10.4. The van der Waals surface area contributed by atoms with Gasteiger partial charge in [0.15, 0.2) is 0 Å². The van der Waals surface area contributed by atoms with Crippen molar-refractivity contribution in [3.63, 3.8) is 0 Å². The highest BCUT2D eigenvalue weighted by molar-refractivity contribution is 7.89. The fraction of sp³-hybridized carbons (Fsp3) is 0.133. The van der Waals surface area contributed by atoms with Gasteiger partial charge in [-0.1, -0.05) is 18.2 Å². The van der Waals surface area contributed by atoms with Crippen molar-refractivity contribution in [2.24, 2.45) is 0 Å². The quantitative estimate of drug-likeness (QED) is 0.885. The van der Waals surface area contributed by atoms with E-state index in [1.165, 1.54) is 6.92 Å². The molecule has 0 spiro atoms. The number of nitrogens with one attached hydrogen (secondary N) is 2. The molecule has 0 aromatic heterocycles. The van der Waals surface area contributed by atoms with Crippen LogP contribution in [0.2, 0.25) is 0 Å². The minimum atomic E-state index is -3.89. The molecule has 0 saturated carbocycles. The van der Waals surface area contributed by atoms with Crippen molar-refractivity contribution < 1.29 is 17.6 Å². The molecule has 22 heavy (non-hydrogen) atoms. The van der Waals surface area contributed by atoms with Crippen LogP contribution >= 0.6 is 0 Å². The molecule has 0 fully saturated rings. The first-order valence-corrected chi connectivity index (χ1v) is 8.00. The van der Waals surface area contributed by atoms with Crippen LogP contribution < -0.4 is 10.0 Å². The highest BCUT2D eigenvalue weighted by Crippen LogP contribution is 2.11. The second-order valence-electron chi connectivity index (χ2n) is 4.65. The molecule has 0 heterocycles. The third kappa shape index (κ3) is 4.12. The molecule has 0 radical (unpaired) electrons. The summed E-state index contributed by atoms with van der Waals surface area (Å²) >= 11 is 0. The van der Waals surface area contributed by atoms with Gasteiger partial charge in [-0.3, -0.25) is 4.79 Å². The first-order valence-electron chi connectivity index (χ1n) is 6.52. The molecule has 2 aromatic rings. The van der Waals surface area contributed by atoms with Crippen molar-refractivity contribution in [1.82, 2.24) is 4.72 Å². The lowest BCUT2D eigenvalue weighted by Gasteiger charge is -2.14. The average Bonchev–Trinajstić information content (AvgIpc) is 2.48. The lowest BCUT2D eigenvalue weighted by atomic mass is 10.3. The summed E-state index contributed by atoms with van der Waals surface area (Å²) in [4.78, 5) is 11.9. The van der Waals surface area contributed by atoms with Crippen LogP contribution in [0.25, 0.3) is 0 Å². The Balaban J connectivity index is 2.05. The topological polar surface area (TPSA) is 75.3 Å². The van der Waals surface area contributed by atoms with E-state index < -0.39 is 27.8 Å². The molecule has 0 bridgehead atoms. The molecule has 0 unspecified atom stereocenters. The Bertz CT molecular complexity index is 746. The van der Waals surface area contributed by atoms with Gasteiger partial charge in [-0.15, -0.1) is 0 Å². The molecule has 2 rings (SSSR count). The largest absolute Gasteiger partial charge is 0.325 e. The Labute approximate surface area is 128 Å². The average molecular weight is 322 g/mol. The smallest absolute Gasteiger partial charge is 0.242 e. The van der Waals surface area contributed by atoms with Crippen molar-refractivity contribution in [3.8, 4) is 0 Å². The third-order valence-electron chi connectivity index (χ3n) is 2.89. The van der Waals surface area contributed by atoms with Crippen LogP contribution in [0.5, 0.6) is 0 Å². The number of rotatable bonds is 5. The van der Waals surface area contributed by atoms with E-state index in [9.17, 15) is 17.6 Å². The highest BCUT2D eigenvalue weighted by atomic mass is 32.2. The summed E-state index contributed by atoms with van der Waals surface area (Å²) in [6.07, 6.45) is 0. The number of para-hydroxylation sites is 1. The summed E-state index contributed by atoms with van der Waals surface area (Å²) < 4.78 is 39.3. The Hall–Kier alpha value is -2.25. The van der Waals surface area contributed by atoms with Crippen LogP contribution in [0.4, 0.5) is 10.1 Å². The Kier molecular flexibility index (Phi) is 4.89. The standard InChI is InChI=1S/C15H15FN2O3S/c1-11(15(19)17-13-5-3-2-4-6-13)18-22(20,21)14-9-7-12(16)8-10-14/h2-11,18H,1H3,(H,17,19)/t11-/m1/s1.